The fourth-order valence-corrected chi connectivity index (χ4v) is 1.79. The van der Waals surface area contributed by atoms with E-state index in [9.17, 15) is 4.39 Å². The van der Waals surface area contributed by atoms with Gasteiger partial charge in [0.1, 0.15) is 17.4 Å². The van der Waals surface area contributed by atoms with Crippen LogP contribution in [0.4, 0.5) is 10.2 Å². The molecule has 0 bridgehead atoms. The van der Waals surface area contributed by atoms with Gasteiger partial charge in [0, 0.05) is 6.07 Å². The molecule has 1 aromatic carbocycles. The fraction of sp³-hybridized carbons (Fsp3) is 0.167. The van der Waals surface area contributed by atoms with E-state index in [2.05, 4.69) is 15.4 Å². The molecule has 5 nitrogen and oxygen atoms in total. The summed E-state index contributed by atoms with van der Waals surface area (Å²) in [6.45, 7) is 1.67. The number of rotatable bonds is 4. The number of nitrogen functional groups attached to an aromatic ring is 1. The van der Waals surface area contributed by atoms with Crippen LogP contribution in [0.2, 0.25) is 0 Å². The van der Waals surface area contributed by atoms with Crippen LogP contribution in [0.15, 0.2) is 29.4 Å². The van der Waals surface area contributed by atoms with Crippen LogP contribution in [0.25, 0.3) is 0 Å². The van der Waals surface area contributed by atoms with Crippen LogP contribution in [0.1, 0.15) is 5.56 Å². The SMILES string of the molecule is CSc1nc(NN)cc(Oc2ccc(F)c(C)c2)n1. The third kappa shape index (κ3) is 3.33. The Morgan fingerprint density at radius 2 is 2.11 bits per heavy atom. The van der Waals surface area contributed by atoms with Gasteiger partial charge < -0.3 is 10.2 Å². The first kappa shape index (κ1) is 13.6. The molecule has 1 heterocycles. The number of hydrazine groups is 1. The van der Waals surface area contributed by atoms with Gasteiger partial charge in [0.25, 0.3) is 0 Å². The molecule has 19 heavy (non-hydrogen) atoms. The van der Waals surface area contributed by atoms with E-state index >= 15 is 0 Å². The molecule has 0 saturated heterocycles. The van der Waals surface area contributed by atoms with Crippen molar-refractivity contribution in [2.24, 2.45) is 5.84 Å². The lowest BCUT2D eigenvalue weighted by Gasteiger charge is -2.08. The summed E-state index contributed by atoms with van der Waals surface area (Å²) >= 11 is 1.37. The van der Waals surface area contributed by atoms with E-state index in [4.69, 9.17) is 10.6 Å². The molecule has 0 saturated carbocycles. The number of hydrogen-bond acceptors (Lipinski definition) is 6. The van der Waals surface area contributed by atoms with Crippen LogP contribution in [-0.4, -0.2) is 16.2 Å². The minimum Gasteiger partial charge on any atom is -0.439 e. The minimum atomic E-state index is -0.274. The van der Waals surface area contributed by atoms with Crippen molar-refractivity contribution in [2.45, 2.75) is 12.1 Å². The van der Waals surface area contributed by atoms with Crippen LogP contribution in [0.3, 0.4) is 0 Å². The third-order valence-corrected chi connectivity index (χ3v) is 2.91. The number of benzene rings is 1. The molecule has 2 rings (SSSR count). The second kappa shape index (κ2) is 5.85. The highest BCUT2D eigenvalue weighted by atomic mass is 32.2. The number of ether oxygens (including phenoxy) is 1. The van der Waals surface area contributed by atoms with Crippen molar-refractivity contribution in [1.29, 1.82) is 0 Å². The summed E-state index contributed by atoms with van der Waals surface area (Å²) < 4.78 is 18.7. The number of aromatic nitrogens is 2. The lowest BCUT2D eigenvalue weighted by atomic mass is 10.2. The number of halogens is 1. The molecule has 0 fully saturated rings. The Balaban J connectivity index is 2.29. The largest absolute Gasteiger partial charge is 0.439 e. The number of anilines is 1. The Hall–Kier alpha value is -1.86. The monoisotopic (exact) mass is 280 g/mol. The second-order valence-electron chi connectivity index (χ2n) is 3.74. The van der Waals surface area contributed by atoms with Crippen molar-refractivity contribution in [3.8, 4) is 11.6 Å². The van der Waals surface area contributed by atoms with Gasteiger partial charge in [-0.15, -0.1) is 0 Å². The maximum Gasteiger partial charge on any atom is 0.225 e. The van der Waals surface area contributed by atoms with Gasteiger partial charge in [-0.3, -0.25) is 0 Å². The highest BCUT2D eigenvalue weighted by molar-refractivity contribution is 7.98. The molecule has 1 aromatic heterocycles. The van der Waals surface area contributed by atoms with E-state index in [0.29, 0.717) is 28.2 Å². The number of thioether (sulfide) groups is 1. The lowest BCUT2D eigenvalue weighted by molar-refractivity contribution is 0.454. The first-order valence-electron chi connectivity index (χ1n) is 5.46. The number of nitrogens with one attached hydrogen (secondary N) is 1. The number of hydrogen-bond donors (Lipinski definition) is 2. The third-order valence-electron chi connectivity index (χ3n) is 2.36. The molecule has 2 aromatic rings. The van der Waals surface area contributed by atoms with E-state index in [1.165, 1.54) is 17.8 Å². The van der Waals surface area contributed by atoms with Crippen molar-refractivity contribution in [3.63, 3.8) is 0 Å². The van der Waals surface area contributed by atoms with Gasteiger partial charge in [0.2, 0.25) is 5.88 Å². The maximum atomic E-state index is 13.2. The quantitative estimate of drug-likeness (QED) is 0.388. The first-order valence-corrected chi connectivity index (χ1v) is 6.68. The van der Waals surface area contributed by atoms with Crippen LogP contribution in [-0.2, 0) is 0 Å². The smallest absolute Gasteiger partial charge is 0.225 e. The van der Waals surface area contributed by atoms with Crippen molar-refractivity contribution in [3.05, 3.63) is 35.6 Å². The summed E-state index contributed by atoms with van der Waals surface area (Å²) in [7, 11) is 0. The molecule has 0 unspecified atom stereocenters. The molecule has 100 valence electrons. The molecule has 0 spiro atoms. The molecule has 0 aliphatic carbocycles. The van der Waals surface area contributed by atoms with Gasteiger partial charge >= 0.3 is 0 Å². The zero-order chi connectivity index (χ0) is 13.8. The van der Waals surface area contributed by atoms with Crippen LogP contribution >= 0.6 is 11.8 Å². The first-order chi connectivity index (χ1) is 9.12. The van der Waals surface area contributed by atoms with Gasteiger partial charge in [-0.2, -0.15) is 4.98 Å². The second-order valence-corrected chi connectivity index (χ2v) is 4.51. The van der Waals surface area contributed by atoms with Crippen LogP contribution in [0.5, 0.6) is 11.6 Å². The molecule has 0 atom stereocenters. The molecule has 0 aliphatic rings. The van der Waals surface area contributed by atoms with Gasteiger partial charge in [0.15, 0.2) is 5.16 Å². The summed E-state index contributed by atoms with van der Waals surface area (Å²) in [5.74, 6) is 6.36. The summed E-state index contributed by atoms with van der Waals surface area (Å²) in [4.78, 5) is 8.31. The highest BCUT2D eigenvalue weighted by Crippen LogP contribution is 2.25. The Morgan fingerprint density at radius 1 is 1.32 bits per heavy atom. The lowest BCUT2D eigenvalue weighted by Crippen LogP contribution is -2.09. The average molecular weight is 280 g/mol. The van der Waals surface area contributed by atoms with Gasteiger partial charge in [-0.25, -0.2) is 15.2 Å². The molecule has 7 heteroatoms. The Morgan fingerprint density at radius 3 is 2.74 bits per heavy atom. The predicted octanol–water partition coefficient (Wildman–Crippen LogP) is 2.72. The summed E-state index contributed by atoms with van der Waals surface area (Å²) in [5, 5.41) is 0.532. The topological polar surface area (TPSA) is 73.1 Å². The van der Waals surface area contributed by atoms with Crippen molar-refractivity contribution < 1.29 is 9.13 Å². The standard InChI is InChI=1S/C12H13FN4OS/c1-7-5-8(3-4-9(7)13)18-11-6-10(17-14)15-12(16-11)19-2/h3-6H,14H2,1-2H3,(H,15,16,17). The number of nitrogens with zero attached hydrogens (tertiary/aromatic N) is 2. The zero-order valence-corrected chi connectivity index (χ0v) is 11.3. The average Bonchev–Trinajstić information content (AvgIpc) is 2.42. The van der Waals surface area contributed by atoms with Crippen molar-refractivity contribution in [1.82, 2.24) is 9.97 Å². The van der Waals surface area contributed by atoms with E-state index in [-0.39, 0.29) is 5.82 Å². The maximum absolute atomic E-state index is 13.2. The zero-order valence-electron chi connectivity index (χ0n) is 10.5. The fourth-order valence-electron chi connectivity index (χ4n) is 1.42. The summed E-state index contributed by atoms with van der Waals surface area (Å²) in [5.41, 5.74) is 2.95. The Kier molecular flexibility index (Phi) is 4.18. The van der Waals surface area contributed by atoms with Crippen LogP contribution in [0, 0.1) is 12.7 Å². The normalized spacial score (nSPS) is 10.3. The number of nitrogens with two attached hydrogens (primary N) is 1. The van der Waals surface area contributed by atoms with Crippen LogP contribution < -0.4 is 16.0 Å². The van der Waals surface area contributed by atoms with Crippen molar-refractivity contribution in [2.75, 3.05) is 11.7 Å². The highest BCUT2D eigenvalue weighted by Gasteiger charge is 2.06. The predicted molar refractivity (Wildman–Crippen MR) is 72.8 cm³/mol. The Labute approximate surface area is 114 Å². The molecule has 0 amide bonds. The van der Waals surface area contributed by atoms with Gasteiger partial charge in [-0.05, 0) is 36.9 Å². The van der Waals surface area contributed by atoms with Gasteiger partial charge in [0.05, 0.1) is 0 Å². The van der Waals surface area contributed by atoms with Crippen molar-refractivity contribution >= 4 is 17.6 Å². The summed E-state index contributed by atoms with van der Waals surface area (Å²) in [6.07, 6.45) is 1.85. The molecule has 3 N–H and O–H groups in total. The van der Waals surface area contributed by atoms with E-state index < -0.39 is 0 Å². The molecule has 0 radical (unpaired) electrons. The minimum absolute atomic E-state index is 0.274. The van der Waals surface area contributed by atoms with Gasteiger partial charge in [-0.1, -0.05) is 11.8 Å². The van der Waals surface area contributed by atoms with E-state index in [1.54, 1.807) is 25.1 Å². The van der Waals surface area contributed by atoms with E-state index in [0.717, 1.165) is 0 Å². The molecule has 0 aliphatic heterocycles. The Bertz CT molecular complexity index is 572. The molecular weight excluding hydrogens is 267 g/mol. The summed E-state index contributed by atoms with van der Waals surface area (Å²) in [6, 6.07) is 6.06. The molecular formula is C12H13FN4OS. The number of aryl methyl sites for hydroxylation is 1. The van der Waals surface area contributed by atoms with E-state index in [1.807, 2.05) is 6.26 Å².